The number of hydrogen-bond acceptors (Lipinski definition) is 3. The highest BCUT2D eigenvalue weighted by atomic mass is 35.5. The maximum Gasteiger partial charge on any atom is 0.251 e. The Hall–Kier alpha value is -2.53. The van der Waals surface area contributed by atoms with Crippen molar-refractivity contribution in [2.45, 2.75) is 19.3 Å². The van der Waals surface area contributed by atoms with Crippen molar-refractivity contribution >= 4 is 29.1 Å². The molecule has 0 aromatic heterocycles. The van der Waals surface area contributed by atoms with Gasteiger partial charge in [-0.15, -0.1) is 0 Å². The number of aryl methyl sites for hydroxylation is 1. The molecule has 0 saturated carbocycles. The molecule has 0 unspecified atom stereocenters. The summed E-state index contributed by atoms with van der Waals surface area (Å²) in [5.41, 5.74) is 3.48. The van der Waals surface area contributed by atoms with Crippen molar-refractivity contribution in [3.05, 3.63) is 58.1 Å². The van der Waals surface area contributed by atoms with Crippen LogP contribution in [0.25, 0.3) is 0 Å². The van der Waals surface area contributed by atoms with E-state index >= 15 is 0 Å². The number of carbonyl (C=O) groups excluding carboxylic acids is 2. The summed E-state index contributed by atoms with van der Waals surface area (Å²) in [7, 11) is 1.58. The average Bonchev–Trinajstić information content (AvgIpc) is 3.09. The minimum atomic E-state index is -0.345. The molecule has 0 spiro atoms. The van der Waals surface area contributed by atoms with Crippen molar-refractivity contribution in [3.63, 3.8) is 0 Å². The Morgan fingerprint density at radius 3 is 2.80 bits per heavy atom. The summed E-state index contributed by atoms with van der Waals surface area (Å²) >= 11 is 5.87. The highest BCUT2D eigenvalue weighted by Gasteiger charge is 2.20. The highest BCUT2D eigenvalue weighted by molar-refractivity contribution is 6.31. The molecule has 0 fully saturated rings. The summed E-state index contributed by atoms with van der Waals surface area (Å²) in [6, 6.07) is 10.5. The lowest BCUT2D eigenvalue weighted by Gasteiger charge is -2.15. The zero-order valence-corrected chi connectivity index (χ0v) is 14.7. The molecular weight excluding hydrogens is 340 g/mol. The van der Waals surface area contributed by atoms with Crippen LogP contribution < -0.4 is 15.4 Å². The number of carbonyl (C=O) groups is 2. The first kappa shape index (κ1) is 17.3. The summed E-state index contributed by atoms with van der Waals surface area (Å²) in [5, 5.41) is 5.95. The van der Waals surface area contributed by atoms with E-state index in [9.17, 15) is 9.59 Å². The molecule has 130 valence electrons. The van der Waals surface area contributed by atoms with Crippen LogP contribution in [0, 0.1) is 0 Å². The lowest BCUT2D eigenvalue weighted by molar-refractivity contribution is -0.115. The van der Waals surface area contributed by atoms with E-state index in [0.717, 1.165) is 24.8 Å². The third-order valence-corrected chi connectivity index (χ3v) is 4.46. The van der Waals surface area contributed by atoms with Gasteiger partial charge in [-0.2, -0.15) is 0 Å². The van der Waals surface area contributed by atoms with Crippen molar-refractivity contribution in [1.29, 1.82) is 0 Å². The van der Waals surface area contributed by atoms with Crippen molar-refractivity contribution in [2.24, 2.45) is 0 Å². The molecule has 0 radical (unpaired) electrons. The first-order valence-corrected chi connectivity index (χ1v) is 8.48. The Morgan fingerprint density at radius 2 is 2.04 bits per heavy atom. The normalized spacial score (nSPS) is 12.4. The van der Waals surface area contributed by atoms with E-state index in [0.29, 0.717) is 22.0 Å². The third kappa shape index (κ3) is 3.94. The monoisotopic (exact) mass is 358 g/mol. The maximum absolute atomic E-state index is 12.3. The van der Waals surface area contributed by atoms with Gasteiger partial charge >= 0.3 is 0 Å². The van der Waals surface area contributed by atoms with E-state index in [1.165, 1.54) is 5.56 Å². The van der Waals surface area contributed by atoms with E-state index in [1.807, 2.05) is 12.1 Å². The van der Waals surface area contributed by atoms with Gasteiger partial charge < -0.3 is 15.4 Å². The molecule has 6 heteroatoms. The van der Waals surface area contributed by atoms with Gasteiger partial charge in [-0.05, 0) is 54.7 Å². The lowest BCUT2D eigenvalue weighted by Crippen LogP contribution is -2.33. The second kappa shape index (κ2) is 7.57. The largest absolute Gasteiger partial charge is 0.495 e. The van der Waals surface area contributed by atoms with Crippen molar-refractivity contribution < 1.29 is 14.3 Å². The van der Waals surface area contributed by atoms with E-state index < -0.39 is 0 Å². The van der Waals surface area contributed by atoms with Gasteiger partial charge in [0, 0.05) is 10.6 Å². The van der Waals surface area contributed by atoms with Crippen molar-refractivity contribution in [1.82, 2.24) is 5.32 Å². The van der Waals surface area contributed by atoms with E-state index in [-0.39, 0.29) is 18.4 Å². The second-order valence-electron chi connectivity index (χ2n) is 5.88. The maximum atomic E-state index is 12.3. The number of nitrogens with one attached hydrogen (secondary N) is 2. The summed E-state index contributed by atoms with van der Waals surface area (Å²) in [5.74, 6) is -0.00736. The number of methoxy groups -OCH3 is 1. The van der Waals surface area contributed by atoms with E-state index in [4.69, 9.17) is 16.3 Å². The third-order valence-electron chi connectivity index (χ3n) is 4.23. The molecule has 1 aliphatic rings. The molecule has 0 atom stereocenters. The summed E-state index contributed by atoms with van der Waals surface area (Å²) < 4.78 is 5.36. The van der Waals surface area contributed by atoms with Crippen LogP contribution in [0.3, 0.4) is 0 Å². The van der Waals surface area contributed by atoms with Crippen LogP contribution in [-0.4, -0.2) is 25.5 Å². The Balaban J connectivity index is 1.65. The fourth-order valence-electron chi connectivity index (χ4n) is 3.03. The summed E-state index contributed by atoms with van der Waals surface area (Å²) in [4.78, 5) is 24.4. The number of ether oxygens (including phenoxy) is 1. The Bertz CT molecular complexity index is 820. The van der Waals surface area contributed by atoms with E-state index in [2.05, 4.69) is 10.6 Å². The molecule has 0 aliphatic heterocycles. The number of anilines is 1. The topological polar surface area (TPSA) is 67.4 Å². The number of hydrogen-bond donors (Lipinski definition) is 2. The van der Waals surface area contributed by atoms with Gasteiger partial charge in [-0.25, -0.2) is 0 Å². The molecule has 0 bridgehead atoms. The SMILES string of the molecule is COc1ccc2c(c1NC(=O)CNC(=O)c1cccc(Cl)c1)CCC2. The molecule has 25 heavy (non-hydrogen) atoms. The smallest absolute Gasteiger partial charge is 0.251 e. The van der Waals surface area contributed by atoms with Gasteiger partial charge in [-0.1, -0.05) is 23.7 Å². The van der Waals surface area contributed by atoms with Crippen molar-refractivity contribution in [3.8, 4) is 5.75 Å². The summed E-state index contributed by atoms with van der Waals surface area (Å²) in [6.45, 7) is -0.127. The van der Waals surface area contributed by atoms with Crippen LogP contribution in [0.1, 0.15) is 27.9 Å². The van der Waals surface area contributed by atoms with Crippen LogP contribution in [-0.2, 0) is 17.6 Å². The van der Waals surface area contributed by atoms with Crippen LogP contribution in [0.5, 0.6) is 5.75 Å². The predicted octanol–water partition coefficient (Wildman–Crippen LogP) is 3.21. The van der Waals surface area contributed by atoms with Crippen molar-refractivity contribution in [2.75, 3.05) is 19.0 Å². The Labute approximate surface area is 151 Å². The summed E-state index contributed by atoms with van der Waals surface area (Å²) in [6.07, 6.45) is 2.99. The second-order valence-corrected chi connectivity index (χ2v) is 6.31. The number of benzene rings is 2. The molecule has 2 aromatic rings. The lowest BCUT2D eigenvalue weighted by atomic mass is 10.1. The molecule has 2 N–H and O–H groups in total. The first-order chi connectivity index (χ1) is 12.1. The van der Waals surface area contributed by atoms with Crippen LogP contribution in [0.4, 0.5) is 5.69 Å². The fraction of sp³-hybridized carbons (Fsp3) is 0.263. The molecule has 0 heterocycles. The number of halogens is 1. The molecule has 1 aliphatic carbocycles. The van der Waals surface area contributed by atoms with Gasteiger partial charge in [0.15, 0.2) is 0 Å². The number of rotatable bonds is 5. The van der Waals surface area contributed by atoms with Gasteiger partial charge in [0.2, 0.25) is 5.91 Å². The van der Waals surface area contributed by atoms with Gasteiger partial charge in [-0.3, -0.25) is 9.59 Å². The standard InChI is InChI=1S/C19H19ClN2O3/c1-25-16-9-8-12-4-3-7-15(12)18(16)22-17(23)11-21-19(24)13-5-2-6-14(20)10-13/h2,5-6,8-10H,3-4,7,11H2,1H3,(H,21,24)(H,22,23). The Kier molecular flexibility index (Phi) is 5.24. The van der Waals surface area contributed by atoms with Gasteiger partial charge in [0.25, 0.3) is 5.91 Å². The number of amides is 2. The minimum absolute atomic E-state index is 0.127. The van der Waals surface area contributed by atoms with Crippen LogP contribution in [0.2, 0.25) is 5.02 Å². The molecule has 3 rings (SSSR count). The molecular formula is C19H19ClN2O3. The predicted molar refractivity (Wildman–Crippen MR) is 97.4 cm³/mol. The average molecular weight is 359 g/mol. The minimum Gasteiger partial charge on any atom is -0.495 e. The molecule has 2 amide bonds. The van der Waals surface area contributed by atoms with Gasteiger partial charge in [0.05, 0.1) is 19.3 Å². The molecule has 5 nitrogen and oxygen atoms in total. The Morgan fingerprint density at radius 1 is 1.20 bits per heavy atom. The van der Waals surface area contributed by atoms with E-state index in [1.54, 1.807) is 31.4 Å². The molecule has 2 aromatic carbocycles. The van der Waals surface area contributed by atoms with Gasteiger partial charge in [0.1, 0.15) is 5.75 Å². The molecule has 0 saturated heterocycles. The zero-order chi connectivity index (χ0) is 17.8. The quantitative estimate of drug-likeness (QED) is 0.862. The zero-order valence-electron chi connectivity index (χ0n) is 13.9. The van der Waals surface area contributed by atoms with Crippen LogP contribution >= 0.6 is 11.6 Å². The van der Waals surface area contributed by atoms with Crippen LogP contribution in [0.15, 0.2) is 36.4 Å². The fourth-order valence-corrected chi connectivity index (χ4v) is 3.22. The number of fused-ring (bicyclic) bond motifs is 1. The highest BCUT2D eigenvalue weighted by Crippen LogP contribution is 2.36. The first-order valence-electron chi connectivity index (χ1n) is 8.11.